The van der Waals surface area contributed by atoms with E-state index in [-0.39, 0.29) is 18.1 Å². The number of Topliss-reactive ketones (excluding diaryl/α,β-unsaturated/α-hetero) is 2. The van der Waals surface area contributed by atoms with Crippen molar-refractivity contribution in [3.8, 4) is 11.5 Å². The van der Waals surface area contributed by atoms with Crippen LogP contribution in [0.25, 0.3) is 0 Å². The van der Waals surface area contributed by atoms with Crippen LogP contribution in [0.1, 0.15) is 55.6 Å². The Labute approximate surface area is 210 Å². The van der Waals surface area contributed by atoms with Crippen molar-refractivity contribution in [3.63, 3.8) is 0 Å². The highest BCUT2D eigenvalue weighted by Crippen LogP contribution is 2.50. The Balaban J connectivity index is 1.58. The first-order valence-electron chi connectivity index (χ1n) is 12.3. The monoisotopic (exact) mass is 487 g/mol. The molecule has 0 fully saturated rings. The molecule has 0 spiro atoms. The minimum absolute atomic E-state index is 0.0232. The van der Waals surface area contributed by atoms with E-state index in [1.165, 1.54) is 0 Å². The van der Waals surface area contributed by atoms with Gasteiger partial charge in [0.2, 0.25) is 0 Å². The number of benzene rings is 2. The predicted molar refractivity (Wildman–Crippen MR) is 133 cm³/mol. The van der Waals surface area contributed by atoms with Crippen molar-refractivity contribution in [2.24, 2.45) is 0 Å². The number of carbonyl (C=O) groups excluding carboxylic acids is 2. The molecule has 0 saturated carbocycles. The summed E-state index contributed by atoms with van der Waals surface area (Å²) in [7, 11) is 1.57. The topological polar surface area (TPSA) is 93.1 Å². The van der Waals surface area contributed by atoms with Gasteiger partial charge in [-0.05, 0) is 48.9 Å². The van der Waals surface area contributed by atoms with Gasteiger partial charge in [-0.1, -0.05) is 36.4 Å². The van der Waals surface area contributed by atoms with E-state index in [9.17, 15) is 19.5 Å². The van der Waals surface area contributed by atoms with Crippen LogP contribution in [-0.4, -0.2) is 41.2 Å². The maximum atomic E-state index is 13.3. The van der Waals surface area contributed by atoms with E-state index in [1.54, 1.807) is 12.0 Å². The van der Waals surface area contributed by atoms with E-state index in [0.717, 1.165) is 22.5 Å². The number of carboxylic acid groups (broad SMARTS) is 1. The zero-order valence-electron chi connectivity index (χ0n) is 20.3. The molecule has 0 atom stereocenters. The number of rotatable bonds is 7. The highest BCUT2D eigenvalue weighted by atomic mass is 16.5. The standard InChI is InChI=1S/C29H29NO6/c1-35-25-15-19(13-14-24(25)36-17-18-7-3-2-4-8-18)27-28-20(9-5-11-22(28)31)30(16-26(33)34)21-10-6-12-23(32)29(21)27/h2-4,7-8,13-15,27H,5-6,9-12,16-17H2,1H3,(H,33,34). The smallest absolute Gasteiger partial charge is 0.323 e. The molecule has 0 bridgehead atoms. The van der Waals surface area contributed by atoms with Gasteiger partial charge in [-0.2, -0.15) is 0 Å². The van der Waals surface area contributed by atoms with Gasteiger partial charge in [0, 0.05) is 41.3 Å². The number of carbonyl (C=O) groups is 3. The van der Waals surface area contributed by atoms with Crippen molar-refractivity contribution in [1.82, 2.24) is 4.90 Å². The minimum atomic E-state index is -0.982. The van der Waals surface area contributed by atoms with E-state index in [4.69, 9.17) is 9.47 Å². The summed E-state index contributed by atoms with van der Waals surface area (Å²) in [5.41, 5.74) is 4.40. The summed E-state index contributed by atoms with van der Waals surface area (Å²) in [6.45, 7) is 0.131. The fourth-order valence-corrected chi connectivity index (χ4v) is 5.59. The van der Waals surface area contributed by atoms with Crippen molar-refractivity contribution in [3.05, 3.63) is 82.2 Å². The molecule has 5 rings (SSSR count). The molecule has 2 aliphatic carbocycles. The van der Waals surface area contributed by atoms with E-state index in [2.05, 4.69) is 0 Å². The lowest BCUT2D eigenvalue weighted by molar-refractivity contribution is -0.138. The molecular weight excluding hydrogens is 458 g/mol. The number of methoxy groups -OCH3 is 1. The number of ketones is 2. The lowest BCUT2D eigenvalue weighted by Gasteiger charge is -2.43. The van der Waals surface area contributed by atoms with Crippen molar-refractivity contribution >= 4 is 17.5 Å². The van der Waals surface area contributed by atoms with Gasteiger partial charge in [0.15, 0.2) is 23.1 Å². The van der Waals surface area contributed by atoms with Crippen LogP contribution in [0.2, 0.25) is 0 Å². The number of carboxylic acids is 1. The second-order valence-electron chi connectivity index (χ2n) is 9.37. The summed E-state index contributed by atoms with van der Waals surface area (Å²) in [5, 5.41) is 9.61. The largest absolute Gasteiger partial charge is 0.493 e. The second kappa shape index (κ2) is 10.0. The van der Waals surface area contributed by atoms with Crippen LogP contribution in [0.15, 0.2) is 71.1 Å². The van der Waals surface area contributed by atoms with Crippen LogP contribution in [0.4, 0.5) is 0 Å². The third kappa shape index (κ3) is 4.41. The number of nitrogens with zero attached hydrogens (tertiary/aromatic N) is 1. The molecule has 0 unspecified atom stereocenters. The Kier molecular flexibility index (Phi) is 6.63. The van der Waals surface area contributed by atoms with Crippen molar-refractivity contribution < 1.29 is 29.0 Å². The molecule has 0 saturated heterocycles. The van der Waals surface area contributed by atoms with Gasteiger partial charge >= 0.3 is 5.97 Å². The average Bonchev–Trinajstić information content (AvgIpc) is 2.88. The SMILES string of the molecule is COc1cc(C2C3=C(CCCC3=O)N(CC(=O)O)C3=C2C(=O)CCC3)ccc1OCc1ccccc1. The van der Waals surface area contributed by atoms with Gasteiger partial charge in [-0.25, -0.2) is 0 Å². The quantitative estimate of drug-likeness (QED) is 0.601. The van der Waals surface area contributed by atoms with Crippen LogP contribution in [-0.2, 0) is 21.0 Å². The predicted octanol–water partition coefficient (Wildman–Crippen LogP) is 4.77. The fraction of sp³-hybridized carbons (Fsp3) is 0.345. The highest BCUT2D eigenvalue weighted by Gasteiger charge is 2.43. The Morgan fingerprint density at radius 1 is 0.917 bits per heavy atom. The van der Waals surface area contributed by atoms with Crippen LogP contribution in [0.3, 0.4) is 0 Å². The molecule has 7 heteroatoms. The van der Waals surface area contributed by atoms with Gasteiger partial charge in [-0.3, -0.25) is 14.4 Å². The average molecular weight is 488 g/mol. The molecule has 3 aliphatic rings. The fourth-order valence-electron chi connectivity index (χ4n) is 5.59. The third-order valence-electron chi connectivity index (χ3n) is 7.14. The molecule has 0 amide bonds. The van der Waals surface area contributed by atoms with Crippen LogP contribution in [0.5, 0.6) is 11.5 Å². The molecule has 1 N–H and O–H groups in total. The maximum absolute atomic E-state index is 13.3. The van der Waals surface area contributed by atoms with E-state index >= 15 is 0 Å². The number of aliphatic carboxylic acids is 1. The molecule has 36 heavy (non-hydrogen) atoms. The van der Waals surface area contributed by atoms with Gasteiger partial charge in [0.1, 0.15) is 13.2 Å². The van der Waals surface area contributed by atoms with Crippen LogP contribution >= 0.6 is 0 Å². The zero-order valence-corrected chi connectivity index (χ0v) is 20.3. The molecule has 2 aromatic rings. The first-order chi connectivity index (χ1) is 17.5. The normalized spacial score (nSPS) is 18.2. The molecule has 2 aromatic carbocycles. The van der Waals surface area contributed by atoms with Crippen molar-refractivity contribution in [2.45, 2.75) is 51.0 Å². The van der Waals surface area contributed by atoms with Gasteiger partial charge < -0.3 is 19.5 Å². The molecule has 7 nitrogen and oxygen atoms in total. The van der Waals surface area contributed by atoms with Gasteiger partial charge in [-0.15, -0.1) is 0 Å². The second-order valence-corrected chi connectivity index (χ2v) is 9.37. The van der Waals surface area contributed by atoms with Crippen molar-refractivity contribution in [1.29, 1.82) is 0 Å². The summed E-state index contributed by atoms with van der Waals surface area (Å²) in [6, 6.07) is 15.4. The van der Waals surface area contributed by atoms with E-state index < -0.39 is 11.9 Å². The zero-order chi connectivity index (χ0) is 25.2. The minimum Gasteiger partial charge on any atom is -0.493 e. The number of allylic oxidation sites excluding steroid dienone is 4. The van der Waals surface area contributed by atoms with E-state index in [0.29, 0.717) is 67.8 Å². The first kappa shape index (κ1) is 23.9. The number of hydrogen-bond donors (Lipinski definition) is 1. The summed E-state index contributed by atoms with van der Waals surface area (Å²) in [5.74, 6) is -0.466. The molecule has 0 radical (unpaired) electrons. The van der Waals surface area contributed by atoms with Gasteiger partial charge in [0.25, 0.3) is 0 Å². The first-order valence-corrected chi connectivity index (χ1v) is 12.3. The van der Waals surface area contributed by atoms with Gasteiger partial charge in [0.05, 0.1) is 7.11 Å². The molecule has 1 aliphatic heterocycles. The summed E-state index contributed by atoms with van der Waals surface area (Å²) in [4.78, 5) is 40.0. The molecule has 186 valence electrons. The summed E-state index contributed by atoms with van der Waals surface area (Å²) < 4.78 is 11.7. The lowest BCUT2D eigenvalue weighted by Crippen LogP contribution is -2.41. The highest BCUT2D eigenvalue weighted by molar-refractivity contribution is 6.06. The van der Waals surface area contributed by atoms with Crippen molar-refractivity contribution in [2.75, 3.05) is 13.7 Å². The molecular formula is C29H29NO6. The van der Waals surface area contributed by atoms with Crippen LogP contribution < -0.4 is 9.47 Å². The Morgan fingerprint density at radius 2 is 1.56 bits per heavy atom. The Morgan fingerprint density at radius 3 is 2.14 bits per heavy atom. The summed E-state index contributed by atoms with van der Waals surface area (Å²) >= 11 is 0. The summed E-state index contributed by atoms with van der Waals surface area (Å²) in [6.07, 6.45) is 3.36. The maximum Gasteiger partial charge on any atom is 0.323 e. The number of hydrogen-bond acceptors (Lipinski definition) is 6. The van der Waals surface area contributed by atoms with E-state index in [1.807, 2.05) is 48.5 Å². The van der Waals surface area contributed by atoms with Crippen LogP contribution in [0, 0.1) is 0 Å². The Bertz CT molecular complexity index is 1230. The molecule has 1 heterocycles. The molecule has 0 aromatic heterocycles. The number of ether oxygens (including phenoxy) is 2. The third-order valence-corrected chi connectivity index (χ3v) is 7.14. The Hall–Kier alpha value is -3.87. The lowest BCUT2D eigenvalue weighted by atomic mass is 9.71.